The van der Waals surface area contributed by atoms with E-state index in [1.54, 1.807) is 14.0 Å². The average molecular weight is 606 g/mol. The van der Waals surface area contributed by atoms with Crippen molar-refractivity contribution in [3.63, 3.8) is 0 Å². The summed E-state index contributed by atoms with van der Waals surface area (Å²) in [5, 5.41) is 0.632. The fourth-order valence-corrected chi connectivity index (χ4v) is 5.78. The van der Waals surface area contributed by atoms with E-state index in [9.17, 15) is 9.59 Å². The maximum atomic E-state index is 13.9. The van der Waals surface area contributed by atoms with Crippen LogP contribution in [0.3, 0.4) is 0 Å². The fourth-order valence-electron chi connectivity index (χ4n) is 5.65. The van der Waals surface area contributed by atoms with Gasteiger partial charge in [0.25, 0.3) is 0 Å². The summed E-state index contributed by atoms with van der Waals surface area (Å²) in [5.74, 6) is 1.31. The first-order valence-electron chi connectivity index (χ1n) is 15.0. The van der Waals surface area contributed by atoms with Gasteiger partial charge in [0.2, 0.25) is 11.8 Å². The molecule has 230 valence electrons. The maximum absolute atomic E-state index is 13.9. The van der Waals surface area contributed by atoms with Crippen molar-refractivity contribution >= 4 is 29.1 Å². The predicted octanol–water partition coefficient (Wildman–Crippen LogP) is 7.07. The van der Waals surface area contributed by atoms with Gasteiger partial charge in [-0.25, -0.2) is 0 Å². The molecule has 0 aliphatic carbocycles. The van der Waals surface area contributed by atoms with Crippen LogP contribution < -0.4 is 14.4 Å². The minimum atomic E-state index is -0.387. The van der Waals surface area contributed by atoms with Crippen LogP contribution in [0.5, 0.6) is 11.5 Å². The van der Waals surface area contributed by atoms with E-state index in [4.69, 9.17) is 21.1 Å². The molecule has 1 aliphatic heterocycles. The number of anilines is 1. The van der Waals surface area contributed by atoms with E-state index in [0.29, 0.717) is 23.1 Å². The second kappa shape index (κ2) is 14.3. The van der Waals surface area contributed by atoms with E-state index >= 15 is 0 Å². The lowest BCUT2D eigenvalue weighted by Crippen LogP contribution is -2.41. The highest BCUT2D eigenvalue weighted by Gasteiger charge is 2.36. The van der Waals surface area contributed by atoms with Crippen molar-refractivity contribution in [1.82, 2.24) is 9.80 Å². The lowest BCUT2D eigenvalue weighted by molar-refractivity contribution is -0.131. The molecule has 3 atom stereocenters. The Hall–Kier alpha value is -3.55. The van der Waals surface area contributed by atoms with Crippen LogP contribution in [0.15, 0.2) is 60.7 Å². The first-order chi connectivity index (χ1) is 20.5. The van der Waals surface area contributed by atoms with Gasteiger partial charge in [0.1, 0.15) is 0 Å². The summed E-state index contributed by atoms with van der Waals surface area (Å²) in [6, 6.07) is 19.1. The molecule has 1 heterocycles. The van der Waals surface area contributed by atoms with Gasteiger partial charge < -0.3 is 24.2 Å². The number of methoxy groups -OCH3 is 1. The first kappa shape index (κ1) is 32.4. The lowest BCUT2D eigenvalue weighted by atomic mass is 9.86. The number of rotatable bonds is 12. The summed E-state index contributed by atoms with van der Waals surface area (Å²) >= 11 is 6.27. The molecule has 7 nitrogen and oxygen atoms in total. The molecule has 2 unspecified atom stereocenters. The fraction of sp³-hybridized carbons (Fsp3) is 0.429. The molecule has 1 aliphatic rings. The largest absolute Gasteiger partial charge is 0.493 e. The van der Waals surface area contributed by atoms with Crippen molar-refractivity contribution in [2.45, 2.75) is 65.1 Å². The molecular weight excluding hydrogens is 562 g/mol. The number of ether oxygens (including phenoxy) is 2. The summed E-state index contributed by atoms with van der Waals surface area (Å²) in [7, 11) is 5.69. The van der Waals surface area contributed by atoms with Crippen molar-refractivity contribution in [2.24, 2.45) is 0 Å². The number of hydrogen-bond acceptors (Lipinski definition) is 5. The molecule has 3 aromatic carbocycles. The Morgan fingerprint density at radius 3 is 2.28 bits per heavy atom. The lowest BCUT2D eigenvalue weighted by Gasteiger charge is -2.38. The number of halogens is 1. The van der Waals surface area contributed by atoms with Crippen LogP contribution in [-0.4, -0.2) is 62.0 Å². The standard InChI is InChI=1S/C35H44ClN3O4/c1-8-23(2)43-33-22-31-28(20-32(33)42-7)21-34(41)39(35(31)27-10-14-29(36)15-11-27)30-16-12-26(13-17-30)24(3)38(25(4)40)19-9-18-37(5)6/h10-17,20,22-24,35H,8-9,18-19,21H2,1-7H3/t23-,24?,35?/m1/s1. The van der Waals surface area contributed by atoms with E-state index in [0.717, 1.165) is 47.3 Å². The molecule has 0 N–H and O–H groups in total. The molecule has 0 spiro atoms. The van der Waals surface area contributed by atoms with Crippen molar-refractivity contribution in [1.29, 1.82) is 0 Å². The van der Waals surface area contributed by atoms with E-state index in [1.165, 1.54) is 0 Å². The SMILES string of the molecule is CC[C@@H](C)Oc1cc2c(cc1OC)CC(=O)N(c1ccc(C(C)N(CCCN(C)C)C(C)=O)cc1)C2c1ccc(Cl)cc1. The van der Waals surface area contributed by atoms with E-state index in [1.807, 2.05) is 91.5 Å². The van der Waals surface area contributed by atoms with Crippen molar-refractivity contribution in [3.8, 4) is 11.5 Å². The highest BCUT2D eigenvalue weighted by molar-refractivity contribution is 6.30. The van der Waals surface area contributed by atoms with Crippen molar-refractivity contribution in [3.05, 3.63) is 87.9 Å². The average Bonchev–Trinajstić information content (AvgIpc) is 2.98. The van der Waals surface area contributed by atoms with E-state index in [-0.39, 0.29) is 36.4 Å². The smallest absolute Gasteiger partial charge is 0.232 e. The van der Waals surface area contributed by atoms with Crippen molar-refractivity contribution < 1.29 is 19.1 Å². The number of carbonyl (C=O) groups excluding carboxylic acids is 2. The second-order valence-corrected chi connectivity index (χ2v) is 12.0. The van der Waals surface area contributed by atoms with Crippen LogP contribution in [0.4, 0.5) is 5.69 Å². The van der Waals surface area contributed by atoms with Gasteiger partial charge in [0.05, 0.1) is 31.7 Å². The summed E-state index contributed by atoms with van der Waals surface area (Å²) in [6.45, 7) is 9.38. The Morgan fingerprint density at radius 2 is 1.70 bits per heavy atom. The number of hydrogen-bond donors (Lipinski definition) is 0. The summed E-state index contributed by atoms with van der Waals surface area (Å²) < 4.78 is 11.9. The van der Waals surface area contributed by atoms with Crippen LogP contribution in [0.2, 0.25) is 5.02 Å². The molecule has 8 heteroatoms. The quantitative estimate of drug-likeness (QED) is 0.221. The minimum absolute atomic E-state index is 0.00856. The summed E-state index contributed by atoms with van der Waals surface area (Å²) in [6.07, 6.45) is 2.00. The van der Waals surface area contributed by atoms with Crippen molar-refractivity contribution in [2.75, 3.05) is 39.2 Å². The molecule has 0 saturated carbocycles. The zero-order valence-corrected chi connectivity index (χ0v) is 27.1. The monoisotopic (exact) mass is 605 g/mol. The van der Waals surface area contributed by atoms with Gasteiger partial charge in [-0.3, -0.25) is 9.59 Å². The predicted molar refractivity (Wildman–Crippen MR) is 173 cm³/mol. The van der Waals surface area contributed by atoms with Gasteiger partial charge in [0, 0.05) is 24.2 Å². The number of fused-ring (bicyclic) bond motifs is 1. The highest BCUT2D eigenvalue weighted by atomic mass is 35.5. The van der Waals surface area contributed by atoms with Crippen LogP contribution in [-0.2, 0) is 16.0 Å². The molecule has 0 bridgehead atoms. The van der Waals surface area contributed by atoms with Gasteiger partial charge in [-0.15, -0.1) is 0 Å². The van der Waals surface area contributed by atoms with Gasteiger partial charge in [-0.05, 0) is 106 Å². The van der Waals surface area contributed by atoms with E-state index < -0.39 is 0 Å². The highest BCUT2D eigenvalue weighted by Crippen LogP contribution is 2.44. The Morgan fingerprint density at radius 1 is 1.02 bits per heavy atom. The third-order valence-electron chi connectivity index (χ3n) is 8.21. The number of carbonyl (C=O) groups is 2. The summed E-state index contributed by atoms with van der Waals surface area (Å²) in [4.78, 5) is 32.3. The third-order valence-corrected chi connectivity index (χ3v) is 8.46. The summed E-state index contributed by atoms with van der Waals surface area (Å²) in [5.41, 5.74) is 4.65. The molecule has 0 radical (unpaired) electrons. The topological polar surface area (TPSA) is 62.3 Å². The number of benzene rings is 3. The third kappa shape index (κ3) is 7.51. The van der Waals surface area contributed by atoms with E-state index in [2.05, 4.69) is 18.7 Å². The van der Waals surface area contributed by atoms with Gasteiger partial charge in [0.15, 0.2) is 11.5 Å². The van der Waals surface area contributed by atoms with Crippen LogP contribution in [0.1, 0.15) is 74.9 Å². The Kier molecular flexibility index (Phi) is 10.7. The zero-order chi connectivity index (χ0) is 31.3. The molecule has 0 saturated heterocycles. The Balaban J connectivity index is 1.73. The van der Waals surface area contributed by atoms with Gasteiger partial charge in [-0.2, -0.15) is 0 Å². The second-order valence-electron chi connectivity index (χ2n) is 11.6. The normalized spacial score (nSPS) is 16.1. The Labute approximate surface area is 261 Å². The van der Waals surface area contributed by atoms with Crippen LogP contribution >= 0.6 is 11.6 Å². The minimum Gasteiger partial charge on any atom is -0.493 e. The molecule has 2 amide bonds. The molecule has 0 fully saturated rings. The molecule has 43 heavy (non-hydrogen) atoms. The zero-order valence-electron chi connectivity index (χ0n) is 26.4. The van der Waals surface area contributed by atoms with Gasteiger partial charge >= 0.3 is 0 Å². The number of nitrogens with zero attached hydrogens (tertiary/aromatic N) is 3. The maximum Gasteiger partial charge on any atom is 0.232 e. The first-order valence-corrected chi connectivity index (χ1v) is 15.4. The van der Waals surface area contributed by atoms with Crippen LogP contribution in [0, 0.1) is 0 Å². The molecule has 0 aromatic heterocycles. The molecule has 4 rings (SSSR count). The number of amides is 2. The van der Waals surface area contributed by atoms with Gasteiger partial charge in [-0.1, -0.05) is 42.8 Å². The molecular formula is C35H44ClN3O4. The van der Waals surface area contributed by atoms with Crippen LogP contribution in [0.25, 0.3) is 0 Å². The Bertz CT molecular complexity index is 1410. The molecule has 3 aromatic rings.